The van der Waals surface area contributed by atoms with Crippen molar-refractivity contribution >= 4 is 21.9 Å². The van der Waals surface area contributed by atoms with E-state index in [-0.39, 0.29) is 12.1 Å². The Bertz CT molecular complexity index is 112. The fourth-order valence-corrected chi connectivity index (χ4v) is 1.23. The predicted molar refractivity (Wildman–Crippen MR) is 45.8 cm³/mol. The van der Waals surface area contributed by atoms with E-state index in [4.69, 9.17) is 4.74 Å². The lowest BCUT2D eigenvalue weighted by Crippen LogP contribution is -2.14. The summed E-state index contributed by atoms with van der Waals surface area (Å²) < 4.78 is 9.52. The number of methoxy groups -OCH3 is 2. The third kappa shape index (κ3) is 5.21. The molecule has 0 saturated carbocycles. The van der Waals surface area contributed by atoms with E-state index in [1.54, 1.807) is 7.11 Å². The first-order valence-electron chi connectivity index (χ1n) is 3.40. The highest BCUT2D eigenvalue weighted by Crippen LogP contribution is 2.04. The molecular formula is C7H13BrO3. The summed E-state index contributed by atoms with van der Waals surface area (Å²) in [7, 11) is 3.02. The molecule has 0 aliphatic rings. The highest BCUT2D eigenvalue weighted by molar-refractivity contribution is 9.09. The number of carbonyl (C=O) groups excluding carboxylic acids is 1. The first-order chi connectivity index (χ1) is 5.24. The highest BCUT2D eigenvalue weighted by Gasteiger charge is 2.08. The van der Waals surface area contributed by atoms with Gasteiger partial charge in [-0.1, -0.05) is 15.9 Å². The topological polar surface area (TPSA) is 35.5 Å². The molecule has 0 aromatic heterocycles. The normalized spacial score (nSPS) is 12.6. The van der Waals surface area contributed by atoms with Gasteiger partial charge in [0.1, 0.15) is 0 Å². The monoisotopic (exact) mass is 224 g/mol. The van der Waals surface area contributed by atoms with E-state index in [0.29, 0.717) is 12.8 Å². The summed E-state index contributed by atoms with van der Waals surface area (Å²) >= 11 is 3.27. The number of rotatable bonds is 5. The van der Waals surface area contributed by atoms with Crippen molar-refractivity contribution in [1.82, 2.24) is 0 Å². The molecule has 11 heavy (non-hydrogen) atoms. The number of halogens is 1. The Morgan fingerprint density at radius 1 is 1.55 bits per heavy atom. The number of hydrogen-bond donors (Lipinski definition) is 0. The van der Waals surface area contributed by atoms with Gasteiger partial charge in [-0.05, 0) is 6.42 Å². The van der Waals surface area contributed by atoms with Gasteiger partial charge >= 0.3 is 5.97 Å². The lowest BCUT2D eigenvalue weighted by Gasteiger charge is -2.09. The van der Waals surface area contributed by atoms with E-state index in [0.717, 1.165) is 5.33 Å². The van der Waals surface area contributed by atoms with Crippen LogP contribution in [0.3, 0.4) is 0 Å². The summed E-state index contributed by atoms with van der Waals surface area (Å²) in [5, 5.41) is 0.750. The van der Waals surface area contributed by atoms with Crippen LogP contribution in [0.2, 0.25) is 0 Å². The van der Waals surface area contributed by atoms with E-state index < -0.39 is 0 Å². The minimum Gasteiger partial charge on any atom is -0.469 e. The quantitative estimate of drug-likeness (QED) is 0.523. The average molecular weight is 225 g/mol. The van der Waals surface area contributed by atoms with Crippen LogP contribution in [-0.4, -0.2) is 31.6 Å². The molecule has 0 aromatic rings. The van der Waals surface area contributed by atoms with Crippen LogP contribution in [0.5, 0.6) is 0 Å². The van der Waals surface area contributed by atoms with Crippen LogP contribution < -0.4 is 0 Å². The SMILES string of the molecule is COC(=O)CCC(CBr)OC. The second kappa shape index (κ2) is 6.61. The van der Waals surface area contributed by atoms with Crippen molar-refractivity contribution in [2.24, 2.45) is 0 Å². The summed E-state index contributed by atoms with van der Waals surface area (Å²) in [5.41, 5.74) is 0. The minimum atomic E-state index is -0.187. The van der Waals surface area contributed by atoms with Crippen molar-refractivity contribution < 1.29 is 14.3 Å². The standard InChI is InChI=1S/C7H13BrO3/c1-10-6(5-8)3-4-7(9)11-2/h6H,3-5H2,1-2H3. The molecular weight excluding hydrogens is 212 g/mol. The minimum absolute atomic E-state index is 0.106. The molecule has 0 radical (unpaired) electrons. The van der Waals surface area contributed by atoms with Crippen LogP contribution in [0, 0.1) is 0 Å². The van der Waals surface area contributed by atoms with Gasteiger partial charge in [0.05, 0.1) is 13.2 Å². The van der Waals surface area contributed by atoms with Crippen LogP contribution in [0.4, 0.5) is 0 Å². The lowest BCUT2D eigenvalue weighted by atomic mass is 10.2. The molecule has 0 amide bonds. The first kappa shape index (κ1) is 10.9. The molecule has 0 aliphatic carbocycles. The lowest BCUT2D eigenvalue weighted by molar-refractivity contribution is -0.141. The van der Waals surface area contributed by atoms with Gasteiger partial charge in [-0.15, -0.1) is 0 Å². The zero-order chi connectivity index (χ0) is 8.69. The largest absolute Gasteiger partial charge is 0.469 e. The molecule has 0 fully saturated rings. The van der Waals surface area contributed by atoms with E-state index >= 15 is 0 Å². The van der Waals surface area contributed by atoms with Crippen LogP contribution >= 0.6 is 15.9 Å². The molecule has 1 unspecified atom stereocenters. The Balaban J connectivity index is 3.42. The van der Waals surface area contributed by atoms with E-state index in [1.807, 2.05) is 0 Å². The molecule has 0 aliphatic heterocycles. The van der Waals surface area contributed by atoms with Crippen LogP contribution in [-0.2, 0) is 14.3 Å². The fraction of sp³-hybridized carbons (Fsp3) is 0.857. The predicted octanol–water partition coefficient (Wildman–Crippen LogP) is 1.35. The number of esters is 1. The van der Waals surface area contributed by atoms with Gasteiger partial charge in [-0.25, -0.2) is 0 Å². The highest BCUT2D eigenvalue weighted by atomic mass is 79.9. The maximum Gasteiger partial charge on any atom is 0.305 e. The number of carbonyl (C=O) groups is 1. The number of alkyl halides is 1. The van der Waals surface area contributed by atoms with E-state index in [1.165, 1.54) is 7.11 Å². The van der Waals surface area contributed by atoms with Crippen molar-refractivity contribution in [2.45, 2.75) is 18.9 Å². The van der Waals surface area contributed by atoms with Crippen molar-refractivity contribution in [2.75, 3.05) is 19.5 Å². The Hall–Kier alpha value is -0.0900. The van der Waals surface area contributed by atoms with Crippen LogP contribution in [0.1, 0.15) is 12.8 Å². The van der Waals surface area contributed by atoms with Gasteiger partial charge in [-0.3, -0.25) is 4.79 Å². The van der Waals surface area contributed by atoms with Gasteiger partial charge < -0.3 is 9.47 Å². The van der Waals surface area contributed by atoms with Gasteiger partial charge in [0, 0.05) is 18.9 Å². The zero-order valence-electron chi connectivity index (χ0n) is 6.80. The van der Waals surface area contributed by atoms with Gasteiger partial charge in [-0.2, -0.15) is 0 Å². The van der Waals surface area contributed by atoms with Crippen LogP contribution in [0.25, 0.3) is 0 Å². The zero-order valence-corrected chi connectivity index (χ0v) is 8.39. The number of hydrogen-bond acceptors (Lipinski definition) is 3. The summed E-state index contributed by atoms with van der Waals surface area (Å²) in [6.07, 6.45) is 1.23. The maximum absolute atomic E-state index is 10.7. The summed E-state index contributed by atoms with van der Waals surface area (Å²) in [6.45, 7) is 0. The third-order valence-corrected chi connectivity index (χ3v) is 2.13. The third-order valence-electron chi connectivity index (χ3n) is 1.40. The second-order valence-electron chi connectivity index (χ2n) is 2.13. The molecule has 66 valence electrons. The summed E-state index contributed by atoms with van der Waals surface area (Å²) in [6, 6.07) is 0. The Morgan fingerprint density at radius 3 is 2.55 bits per heavy atom. The molecule has 0 heterocycles. The Kier molecular flexibility index (Phi) is 6.56. The molecule has 1 atom stereocenters. The Morgan fingerprint density at radius 2 is 2.18 bits per heavy atom. The van der Waals surface area contributed by atoms with Gasteiger partial charge in [0.15, 0.2) is 0 Å². The molecule has 3 nitrogen and oxygen atoms in total. The fourth-order valence-electron chi connectivity index (χ4n) is 0.639. The van der Waals surface area contributed by atoms with E-state index in [9.17, 15) is 4.79 Å². The Labute approximate surface area is 75.2 Å². The molecule has 0 N–H and O–H groups in total. The van der Waals surface area contributed by atoms with Crippen LogP contribution in [0.15, 0.2) is 0 Å². The molecule has 0 aromatic carbocycles. The molecule has 0 rings (SSSR count). The first-order valence-corrected chi connectivity index (χ1v) is 4.52. The van der Waals surface area contributed by atoms with Gasteiger partial charge in [0.2, 0.25) is 0 Å². The average Bonchev–Trinajstić information content (AvgIpc) is 2.06. The van der Waals surface area contributed by atoms with Crippen molar-refractivity contribution in [3.63, 3.8) is 0 Å². The van der Waals surface area contributed by atoms with Gasteiger partial charge in [0.25, 0.3) is 0 Å². The molecule has 0 spiro atoms. The van der Waals surface area contributed by atoms with Crippen molar-refractivity contribution in [1.29, 1.82) is 0 Å². The van der Waals surface area contributed by atoms with E-state index in [2.05, 4.69) is 20.7 Å². The van der Waals surface area contributed by atoms with Crippen molar-refractivity contribution in [3.05, 3.63) is 0 Å². The molecule has 0 bridgehead atoms. The smallest absolute Gasteiger partial charge is 0.305 e. The molecule has 4 heteroatoms. The number of ether oxygens (including phenoxy) is 2. The maximum atomic E-state index is 10.7. The molecule has 0 saturated heterocycles. The summed E-state index contributed by atoms with van der Waals surface area (Å²) in [5.74, 6) is -0.187. The summed E-state index contributed by atoms with van der Waals surface area (Å²) in [4.78, 5) is 10.7. The van der Waals surface area contributed by atoms with Crippen molar-refractivity contribution in [3.8, 4) is 0 Å². The second-order valence-corrected chi connectivity index (χ2v) is 2.77.